The van der Waals surface area contributed by atoms with E-state index in [4.69, 9.17) is 0 Å². The predicted octanol–water partition coefficient (Wildman–Crippen LogP) is 1.14. The second-order valence-corrected chi connectivity index (χ2v) is 7.57. The maximum atomic E-state index is 12.1. The molecule has 1 amide bonds. The van der Waals surface area contributed by atoms with Gasteiger partial charge in [-0.3, -0.25) is 9.79 Å². The summed E-state index contributed by atoms with van der Waals surface area (Å²) in [5.74, 6) is 3.91. The molecular formula is C18H32IN7O. The standard InChI is InChI=1S/C18H31N7O.HI/c1-13(2)17(26)23-7-9-24(10-8-23)18(19-4)20-11-15-5-6-16-22-21-14(3)25(16)12-15;/h13,15H,5-12H2,1-4H3,(H,19,20);1H. The van der Waals surface area contributed by atoms with Crippen molar-refractivity contribution < 1.29 is 4.79 Å². The van der Waals surface area contributed by atoms with Crippen LogP contribution < -0.4 is 5.32 Å². The number of aromatic nitrogens is 3. The Bertz CT molecular complexity index is 665. The zero-order valence-electron chi connectivity index (χ0n) is 16.8. The summed E-state index contributed by atoms with van der Waals surface area (Å²) in [6.45, 7) is 11.0. The number of rotatable bonds is 3. The first-order chi connectivity index (χ1) is 12.5. The van der Waals surface area contributed by atoms with Crippen LogP contribution in [0, 0.1) is 18.8 Å². The number of nitrogens with one attached hydrogen (secondary N) is 1. The van der Waals surface area contributed by atoms with Gasteiger partial charge in [0.15, 0.2) is 5.96 Å². The third-order valence-electron chi connectivity index (χ3n) is 5.37. The fraction of sp³-hybridized carbons (Fsp3) is 0.778. The number of fused-ring (bicyclic) bond motifs is 1. The van der Waals surface area contributed by atoms with E-state index in [0.29, 0.717) is 5.92 Å². The van der Waals surface area contributed by atoms with Gasteiger partial charge in [0.25, 0.3) is 0 Å². The Morgan fingerprint density at radius 2 is 1.89 bits per heavy atom. The van der Waals surface area contributed by atoms with E-state index < -0.39 is 0 Å². The molecule has 1 saturated heterocycles. The summed E-state index contributed by atoms with van der Waals surface area (Å²) in [7, 11) is 1.83. The van der Waals surface area contributed by atoms with Crippen molar-refractivity contribution in [1.29, 1.82) is 0 Å². The number of guanidine groups is 1. The van der Waals surface area contributed by atoms with Crippen molar-refractivity contribution in [3.63, 3.8) is 0 Å². The number of halogens is 1. The van der Waals surface area contributed by atoms with Crippen molar-refractivity contribution in [1.82, 2.24) is 29.9 Å². The molecule has 1 fully saturated rings. The largest absolute Gasteiger partial charge is 0.356 e. The maximum absolute atomic E-state index is 12.1. The Morgan fingerprint density at radius 3 is 2.52 bits per heavy atom. The third kappa shape index (κ3) is 5.11. The van der Waals surface area contributed by atoms with Crippen LogP contribution in [0.15, 0.2) is 4.99 Å². The quantitative estimate of drug-likeness (QED) is 0.392. The number of aryl methyl sites for hydroxylation is 2. The highest BCUT2D eigenvalue weighted by Crippen LogP contribution is 2.19. The number of piperazine rings is 1. The molecule has 2 aliphatic heterocycles. The molecule has 3 heterocycles. The van der Waals surface area contributed by atoms with E-state index in [9.17, 15) is 4.79 Å². The minimum atomic E-state index is 0. The molecule has 2 aliphatic rings. The number of amides is 1. The number of hydrogen-bond donors (Lipinski definition) is 1. The number of carbonyl (C=O) groups is 1. The summed E-state index contributed by atoms with van der Waals surface area (Å²) in [6, 6.07) is 0. The first kappa shape index (κ1) is 21.9. The lowest BCUT2D eigenvalue weighted by Gasteiger charge is -2.37. The van der Waals surface area contributed by atoms with E-state index in [1.54, 1.807) is 0 Å². The molecule has 8 nitrogen and oxygen atoms in total. The predicted molar refractivity (Wildman–Crippen MR) is 116 cm³/mol. The number of carbonyl (C=O) groups excluding carboxylic acids is 1. The van der Waals surface area contributed by atoms with Crippen molar-refractivity contribution in [2.45, 2.75) is 40.2 Å². The van der Waals surface area contributed by atoms with Gasteiger partial charge in [0.05, 0.1) is 0 Å². The van der Waals surface area contributed by atoms with Crippen molar-refractivity contribution in [2.75, 3.05) is 39.8 Å². The van der Waals surface area contributed by atoms with Gasteiger partial charge in [0.1, 0.15) is 11.6 Å². The van der Waals surface area contributed by atoms with Crippen molar-refractivity contribution in [3.05, 3.63) is 11.6 Å². The van der Waals surface area contributed by atoms with Gasteiger partial charge in [-0.1, -0.05) is 13.8 Å². The van der Waals surface area contributed by atoms with Gasteiger partial charge in [0, 0.05) is 58.7 Å². The molecule has 0 spiro atoms. The molecule has 1 aromatic heterocycles. The number of aliphatic imine (C=N–C) groups is 1. The molecule has 1 aromatic rings. The van der Waals surface area contributed by atoms with E-state index in [1.807, 2.05) is 32.7 Å². The monoisotopic (exact) mass is 489 g/mol. The molecule has 1 unspecified atom stereocenters. The van der Waals surface area contributed by atoms with Gasteiger partial charge < -0.3 is 19.7 Å². The summed E-state index contributed by atoms with van der Waals surface area (Å²) < 4.78 is 2.23. The molecular weight excluding hydrogens is 457 g/mol. The van der Waals surface area contributed by atoms with E-state index in [-0.39, 0.29) is 35.8 Å². The SMILES string of the molecule is CN=C(NCC1CCc2nnc(C)n2C1)N1CCN(C(=O)C(C)C)CC1.I. The molecule has 1 N–H and O–H groups in total. The number of hydrogen-bond acceptors (Lipinski definition) is 4. The highest BCUT2D eigenvalue weighted by Gasteiger charge is 2.26. The molecule has 1 atom stereocenters. The Labute approximate surface area is 178 Å². The van der Waals surface area contributed by atoms with Crippen LogP contribution in [0.5, 0.6) is 0 Å². The third-order valence-corrected chi connectivity index (χ3v) is 5.37. The molecule has 3 rings (SSSR count). The van der Waals surface area contributed by atoms with Crippen molar-refractivity contribution in [3.8, 4) is 0 Å². The zero-order valence-corrected chi connectivity index (χ0v) is 19.1. The van der Waals surface area contributed by atoms with Crippen LogP contribution in [0.2, 0.25) is 0 Å². The van der Waals surface area contributed by atoms with Gasteiger partial charge in [-0.05, 0) is 19.3 Å². The fourth-order valence-electron chi connectivity index (χ4n) is 3.77. The summed E-state index contributed by atoms with van der Waals surface area (Å²) in [6.07, 6.45) is 2.11. The molecule has 0 radical (unpaired) electrons. The van der Waals surface area contributed by atoms with Gasteiger partial charge >= 0.3 is 0 Å². The average molecular weight is 489 g/mol. The van der Waals surface area contributed by atoms with Crippen LogP contribution in [0.25, 0.3) is 0 Å². The smallest absolute Gasteiger partial charge is 0.225 e. The Hall–Kier alpha value is -1.39. The van der Waals surface area contributed by atoms with E-state index >= 15 is 0 Å². The van der Waals surface area contributed by atoms with Gasteiger partial charge in [-0.15, -0.1) is 34.2 Å². The number of nitrogens with zero attached hydrogens (tertiary/aromatic N) is 6. The topological polar surface area (TPSA) is 78.7 Å². The average Bonchev–Trinajstić information content (AvgIpc) is 3.02. The van der Waals surface area contributed by atoms with Crippen LogP contribution in [0.3, 0.4) is 0 Å². The summed E-state index contributed by atoms with van der Waals surface area (Å²) in [5.41, 5.74) is 0. The second kappa shape index (κ2) is 9.70. The highest BCUT2D eigenvalue weighted by molar-refractivity contribution is 14.0. The first-order valence-electron chi connectivity index (χ1n) is 9.62. The lowest BCUT2D eigenvalue weighted by molar-refractivity contribution is -0.135. The maximum Gasteiger partial charge on any atom is 0.225 e. The Morgan fingerprint density at radius 1 is 1.22 bits per heavy atom. The van der Waals surface area contributed by atoms with Crippen molar-refractivity contribution in [2.24, 2.45) is 16.8 Å². The van der Waals surface area contributed by atoms with Gasteiger partial charge in [0.2, 0.25) is 5.91 Å². The minimum Gasteiger partial charge on any atom is -0.356 e. The van der Waals surface area contributed by atoms with Crippen molar-refractivity contribution >= 4 is 35.8 Å². The highest BCUT2D eigenvalue weighted by atomic mass is 127. The minimum absolute atomic E-state index is 0. The van der Waals surface area contributed by atoms with Crippen LogP contribution in [0.4, 0.5) is 0 Å². The van der Waals surface area contributed by atoms with E-state index in [1.165, 1.54) is 0 Å². The van der Waals surface area contributed by atoms with E-state index in [2.05, 4.69) is 30.0 Å². The lowest BCUT2D eigenvalue weighted by Crippen LogP contribution is -2.55. The molecule has 0 saturated carbocycles. The second-order valence-electron chi connectivity index (χ2n) is 7.57. The van der Waals surface area contributed by atoms with Gasteiger partial charge in [-0.25, -0.2) is 0 Å². The molecule has 0 bridgehead atoms. The van der Waals surface area contributed by atoms with E-state index in [0.717, 1.165) is 69.7 Å². The van der Waals surface area contributed by atoms with Gasteiger partial charge in [-0.2, -0.15) is 0 Å². The van der Waals surface area contributed by atoms with Crippen LogP contribution in [0.1, 0.15) is 31.9 Å². The molecule has 152 valence electrons. The van der Waals surface area contributed by atoms with Crippen LogP contribution in [-0.2, 0) is 17.8 Å². The molecule has 0 aromatic carbocycles. The lowest BCUT2D eigenvalue weighted by atomic mass is 9.99. The fourth-order valence-corrected chi connectivity index (χ4v) is 3.77. The molecule has 0 aliphatic carbocycles. The Balaban J connectivity index is 0.00000261. The van der Waals surface area contributed by atoms with Crippen LogP contribution >= 0.6 is 24.0 Å². The molecule has 27 heavy (non-hydrogen) atoms. The van der Waals surface area contributed by atoms with Crippen LogP contribution in [-0.4, -0.2) is 76.2 Å². The normalized spacial score (nSPS) is 20.3. The summed E-state index contributed by atoms with van der Waals surface area (Å²) in [4.78, 5) is 20.8. The zero-order chi connectivity index (χ0) is 18.7. The Kier molecular flexibility index (Phi) is 7.87. The summed E-state index contributed by atoms with van der Waals surface area (Å²) in [5, 5.41) is 12.0. The first-order valence-corrected chi connectivity index (χ1v) is 9.62. The summed E-state index contributed by atoms with van der Waals surface area (Å²) >= 11 is 0. The molecule has 9 heteroatoms.